The molecule has 100 valence electrons. The van der Waals surface area contributed by atoms with Crippen LogP contribution in [-0.2, 0) is 0 Å². The molecule has 0 amide bonds. The van der Waals surface area contributed by atoms with E-state index in [1.165, 1.54) is 0 Å². The minimum absolute atomic E-state index is 0.213. The van der Waals surface area contributed by atoms with Crippen LogP contribution in [0.15, 0.2) is 6.07 Å². The molecule has 0 spiro atoms. The van der Waals surface area contributed by atoms with Gasteiger partial charge in [0.25, 0.3) is 0 Å². The first-order valence-corrected chi connectivity index (χ1v) is 6.75. The Morgan fingerprint density at radius 1 is 1.44 bits per heavy atom. The van der Waals surface area contributed by atoms with E-state index >= 15 is 0 Å². The summed E-state index contributed by atoms with van der Waals surface area (Å²) in [4.78, 5) is 6.54. The summed E-state index contributed by atoms with van der Waals surface area (Å²) >= 11 is 12.2. The monoisotopic (exact) mass is 289 g/mol. The molecule has 2 unspecified atom stereocenters. The van der Waals surface area contributed by atoms with E-state index in [2.05, 4.69) is 15.2 Å². The van der Waals surface area contributed by atoms with Crippen LogP contribution >= 0.6 is 23.2 Å². The van der Waals surface area contributed by atoms with Crippen LogP contribution in [0.2, 0.25) is 10.0 Å². The second-order valence-electron chi connectivity index (χ2n) is 4.65. The molecule has 0 aromatic carbocycles. The van der Waals surface area contributed by atoms with Crippen molar-refractivity contribution in [3.8, 4) is 0 Å². The van der Waals surface area contributed by atoms with Crippen molar-refractivity contribution in [1.82, 2.24) is 4.98 Å². The maximum absolute atomic E-state index is 9.74. The number of hydrogen-bond acceptors (Lipinski definition) is 4. The molecular formula is C12H17Cl2N3O. The van der Waals surface area contributed by atoms with Gasteiger partial charge >= 0.3 is 0 Å². The molecule has 0 aliphatic carbocycles. The molecule has 1 fully saturated rings. The van der Waals surface area contributed by atoms with Gasteiger partial charge < -0.3 is 15.3 Å². The van der Waals surface area contributed by atoms with Gasteiger partial charge in [-0.05, 0) is 18.4 Å². The van der Waals surface area contributed by atoms with Gasteiger partial charge in [-0.15, -0.1) is 0 Å². The summed E-state index contributed by atoms with van der Waals surface area (Å²) in [6, 6.07) is 1.70. The predicted molar refractivity (Wildman–Crippen MR) is 75.8 cm³/mol. The van der Waals surface area contributed by atoms with E-state index in [0.717, 1.165) is 25.3 Å². The summed E-state index contributed by atoms with van der Waals surface area (Å²) in [6.45, 7) is 3.53. The van der Waals surface area contributed by atoms with Gasteiger partial charge in [0.05, 0.1) is 16.1 Å². The number of piperidine rings is 1. The van der Waals surface area contributed by atoms with E-state index in [4.69, 9.17) is 23.2 Å². The lowest BCUT2D eigenvalue weighted by molar-refractivity contribution is 0.0969. The molecule has 1 aromatic rings. The van der Waals surface area contributed by atoms with Crippen LogP contribution < -0.4 is 10.2 Å². The Hall–Kier alpha value is -0.710. The lowest BCUT2D eigenvalue weighted by Crippen LogP contribution is -2.42. The quantitative estimate of drug-likeness (QED) is 0.879. The number of hydrogen-bond donors (Lipinski definition) is 2. The van der Waals surface area contributed by atoms with Crippen LogP contribution in [-0.4, -0.2) is 36.3 Å². The summed E-state index contributed by atoms with van der Waals surface area (Å²) in [5.41, 5.74) is 0. The van der Waals surface area contributed by atoms with Gasteiger partial charge in [-0.1, -0.05) is 30.1 Å². The van der Waals surface area contributed by atoms with E-state index in [1.807, 2.05) is 6.92 Å². The second kappa shape index (κ2) is 5.51. The average molecular weight is 290 g/mol. The average Bonchev–Trinajstić information content (AvgIpc) is 2.33. The number of pyridine rings is 1. The van der Waals surface area contributed by atoms with Gasteiger partial charge in [0, 0.05) is 20.1 Å². The lowest BCUT2D eigenvalue weighted by Gasteiger charge is -2.35. The third-order valence-corrected chi connectivity index (χ3v) is 3.87. The molecular weight excluding hydrogens is 273 g/mol. The molecule has 1 aromatic heterocycles. The molecule has 1 saturated heterocycles. The molecule has 2 N–H and O–H groups in total. The Balaban J connectivity index is 2.28. The van der Waals surface area contributed by atoms with Crippen molar-refractivity contribution in [2.24, 2.45) is 5.92 Å². The summed E-state index contributed by atoms with van der Waals surface area (Å²) in [7, 11) is 1.77. The normalized spacial score (nSPS) is 24.2. The summed E-state index contributed by atoms with van der Waals surface area (Å²) in [5, 5.41) is 13.7. The van der Waals surface area contributed by atoms with Crippen LogP contribution in [0, 0.1) is 5.92 Å². The summed E-state index contributed by atoms with van der Waals surface area (Å²) in [6.07, 6.45) is 0.493. The Kier molecular flexibility index (Phi) is 4.20. The fraction of sp³-hybridized carbons (Fsp3) is 0.583. The number of halogens is 2. The highest BCUT2D eigenvalue weighted by Crippen LogP contribution is 2.33. The van der Waals surface area contributed by atoms with E-state index in [0.29, 0.717) is 15.9 Å². The lowest BCUT2D eigenvalue weighted by atomic mass is 9.97. The van der Waals surface area contributed by atoms with Crippen molar-refractivity contribution in [3.63, 3.8) is 0 Å². The van der Waals surface area contributed by atoms with E-state index in [1.54, 1.807) is 13.1 Å². The van der Waals surface area contributed by atoms with Crippen molar-refractivity contribution in [1.29, 1.82) is 0 Å². The topological polar surface area (TPSA) is 48.4 Å². The minimum atomic E-state index is -0.240. The third kappa shape index (κ3) is 2.66. The van der Waals surface area contributed by atoms with Crippen LogP contribution in [0.5, 0.6) is 0 Å². The molecule has 2 rings (SSSR count). The molecule has 0 saturated carbocycles. The van der Waals surface area contributed by atoms with Gasteiger partial charge in [-0.2, -0.15) is 0 Å². The van der Waals surface area contributed by atoms with Gasteiger partial charge in [-0.25, -0.2) is 4.98 Å². The zero-order valence-electron chi connectivity index (χ0n) is 10.5. The SMILES string of the molecule is CNc1nc(N2CCC(O)C(C)C2)c(Cl)cc1Cl. The van der Waals surface area contributed by atoms with E-state index < -0.39 is 0 Å². The van der Waals surface area contributed by atoms with Crippen molar-refractivity contribution < 1.29 is 5.11 Å². The Morgan fingerprint density at radius 2 is 2.17 bits per heavy atom. The van der Waals surface area contributed by atoms with Gasteiger partial charge in [0.1, 0.15) is 11.6 Å². The number of aliphatic hydroxyl groups is 1. The zero-order chi connectivity index (χ0) is 13.3. The molecule has 0 bridgehead atoms. The molecule has 6 heteroatoms. The van der Waals surface area contributed by atoms with Crippen LogP contribution in [0.1, 0.15) is 13.3 Å². The zero-order valence-corrected chi connectivity index (χ0v) is 12.0. The Labute approximate surface area is 117 Å². The second-order valence-corrected chi connectivity index (χ2v) is 5.47. The van der Waals surface area contributed by atoms with Gasteiger partial charge in [0.2, 0.25) is 0 Å². The third-order valence-electron chi connectivity index (χ3n) is 3.31. The molecule has 4 nitrogen and oxygen atoms in total. The molecule has 1 aliphatic heterocycles. The minimum Gasteiger partial charge on any atom is -0.393 e. The summed E-state index contributed by atoms with van der Waals surface area (Å²) in [5.74, 6) is 1.56. The number of nitrogens with one attached hydrogen (secondary N) is 1. The Morgan fingerprint density at radius 3 is 2.78 bits per heavy atom. The number of anilines is 2. The highest BCUT2D eigenvalue weighted by Gasteiger charge is 2.26. The van der Waals surface area contributed by atoms with E-state index in [9.17, 15) is 5.11 Å². The number of aromatic nitrogens is 1. The smallest absolute Gasteiger partial charge is 0.149 e. The molecule has 18 heavy (non-hydrogen) atoms. The largest absolute Gasteiger partial charge is 0.393 e. The number of nitrogens with zero attached hydrogens (tertiary/aromatic N) is 2. The highest BCUT2D eigenvalue weighted by molar-refractivity contribution is 6.37. The van der Waals surface area contributed by atoms with Crippen LogP contribution in [0.3, 0.4) is 0 Å². The van der Waals surface area contributed by atoms with Crippen molar-refractivity contribution >= 4 is 34.8 Å². The van der Waals surface area contributed by atoms with Crippen molar-refractivity contribution in [2.75, 3.05) is 30.4 Å². The molecule has 2 heterocycles. The highest BCUT2D eigenvalue weighted by atomic mass is 35.5. The fourth-order valence-corrected chi connectivity index (χ4v) is 2.75. The summed E-state index contributed by atoms with van der Waals surface area (Å²) < 4.78 is 0. The number of aliphatic hydroxyl groups excluding tert-OH is 1. The van der Waals surface area contributed by atoms with Crippen LogP contribution in [0.25, 0.3) is 0 Å². The molecule has 0 radical (unpaired) electrons. The first-order valence-electron chi connectivity index (χ1n) is 5.99. The Bertz CT molecular complexity index is 442. The van der Waals surface area contributed by atoms with E-state index in [-0.39, 0.29) is 12.0 Å². The number of rotatable bonds is 2. The predicted octanol–water partition coefficient (Wildman–Crippen LogP) is 2.64. The standard InChI is InChI=1S/C12H17Cl2N3O/c1-7-6-17(4-3-10(7)18)12-9(14)5-8(13)11(15-2)16-12/h5,7,10,18H,3-4,6H2,1-2H3,(H,15,16). The molecule has 2 atom stereocenters. The first kappa shape index (κ1) is 13.7. The fourth-order valence-electron chi connectivity index (χ4n) is 2.18. The first-order chi connectivity index (χ1) is 8.52. The van der Waals surface area contributed by atoms with Gasteiger partial charge in [-0.3, -0.25) is 0 Å². The van der Waals surface area contributed by atoms with Crippen LogP contribution in [0.4, 0.5) is 11.6 Å². The van der Waals surface area contributed by atoms with Crippen molar-refractivity contribution in [2.45, 2.75) is 19.4 Å². The molecule has 1 aliphatic rings. The maximum Gasteiger partial charge on any atom is 0.149 e. The maximum atomic E-state index is 9.74. The van der Waals surface area contributed by atoms with Crippen molar-refractivity contribution in [3.05, 3.63) is 16.1 Å². The van der Waals surface area contributed by atoms with Gasteiger partial charge in [0.15, 0.2) is 0 Å².